The Morgan fingerprint density at radius 1 is 1.29 bits per heavy atom. The highest BCUT2D eigenvalue weighted by Gasteiger charge is 2.32. The van der Waals surface area contributed by atoms with Crippen LogP contribution >= 0.6 is 0 Å². The quantitative estimate of drug-likeness (QED) is 0.812. The van der Waals surface area contributed by atoms with E-state index < -0.39 is 23.6 Å². The van der Waals surface area contributed by atoms with Crippen molar-refractivity contribution in [1.29, 1.82) is 0 Å². The number of rotatable bonds is 3. The number of primary amides is 1. The van der Waals surface area contributed by atoms with E-state index in [0.29, 0.717) is 13.0 Å². The van der Waals surface area contributed by atoms with Gasteiger partial charge in [-0.2, -0.15) is 0 Å². The van der Waals surface area contributed by atoms with Crippen molar-refractivity contribution in [3.8, 4) is 0 Å². The first-order chi connectivity index (χ1) is 9.70. The van der Waals surface area contributed by atoms with E-state index in [1.807, 2.05) is 13.8 Å². The molecule has 7 heteroatoms. The second-order valence-electron chi connectivity index (χ2n) is 5.50. The van der Waals surface area contributed by atoms with Crippen LogP contribution in [0.15, 0.2) is 0 Å². The molecule has 1 aliphatic rings. The number of hydrogen-bond acceptors (Lipinski definition) is 4. The molecule has 0 saturated carbocycles. The minimum absolute atomic E-state index is 0.196. The molecule has 1 heterocycles. The van der Waals surface area contributed by atoms with Crippen LogP contribution in [0.5, 0.6) is 0 Å². The molecule has 7 nitrogen and oxygen atoms in total. The minimum atomic E-state index is -0.657. The number of alkyl carbamates (subject to hydrolysis) is 1. The van der Waals surface area contributed by atoms with Crippen LogP contribution in [0.25, 0.3) is 0 Å². The zero-order valence-electron chi connectivity index (χ0n) is 13.6. The predicted octanol–water partition coefficient (Wildman–Crippen LogP) is 1.01. The van der Waals surface area contributed by atoms with Crippen LogP contribution < -0.4 is 11.1 Å². The summed E-state index contributed by atoms with van der Waals surface area (Å²) in [5.74, 6) is -0.838. The average Bonchev–Trinajstić information content (AvgIpc) is 2.85. The lowest BCUT2D eigenvalue weighted by atomic mass is 10.2. The van der Waals surface area contributed by atoms with Gasteiger partial charge in [0.2, 0.25) is 11.8 Å². The summed E-state index contributed by atoms with van der Waals surface area (Å²) >= 11 is 0. The molecule has 21 heavy (non-hydrogen) atoms. The second kappa shape index (κ2) is 8.49. The topological polar surface area (TPSA) is 102 Å². The Labute approximate surface area is 126 Å². The van der Waals surface area contributed by atoms with Crippen LogP contribution in [-0.2, 0) is 14.3 Å². The van der Waals surface area contributed by atoms with E-state index in [1.54, 1.807) is 20.8 Å². The largest absolute Gasteiger partial charge is 0.444 e. The van der Waals surface area contributed by atoms with Crippen LogP contribution in [0.3, 0.4) is 0 Å². The van der Waals surface area contributed by atoms with Crippen molar-refractivity contribution < 1.29 is 19.1 Å². The molecule has 1 unspecified atom stereocenters. The Kier molecular flexibility index (Phi) is 7.76. The normalized spacial score (nSPS) is 17.6. The maximum Gasteiger partial charge on any atom is 0.408 e. The molecule has 0 bridgehead atoms. The lowest BCUT2D eigenvalue weighted by Gasteiger charge is -2.23. The van der Waals surface area contributed by atoms with Gasteiger partial charge < -0.3 is 20.7 Å². The number of nitrogens with one attached hydrogen (secondary N) is 1. The average molecular weight is 301 g/mol. The number of nitrogens with two attached hydrogens (primary N) is 1. The molecule has 0 spiro atoms. The second-order valence-corrected chi connectivity index (χ2v) is 5.50. The highest BCUT2D eigenvalue weighted by atomic mass is 16.6. The van der Waals surface area contributed by atoms with Gasteiger partial charge >= 0.3 is 6.09 Å². The maximum absolute atomic E-state index is 11.9. The number of carbonyl (C=O) groups excluding carboxylic acids is 3. The Hall–Kier alpha value is -1.79. The summed E-state index contributed by atoms with van der Waals surface area (Å²) in [7, 11) is 0. The number of nitrogens with zero attached hydrogens (tertiary/aromatic N) is 1. The lowest BCUT2D eigenvalue weighted by Crippen LogP contribution is -2.48. The molecule has 0 aromatic heterocycles. The molecule has 1 fully saturated rings. The van der Waals surface area contributed by atoms with Crippen molar-refractivity contribution in [2.24, 2.45) is 5.73 Å². The van der Waals surface area contributed by atoms with E-state index >= 15 is 0 Å². The Morgan fingerprint density at radius 3 is 2.33 bits per heavy atom. The van der Waals surface area contributed by atoms with Crippen molar-refractivity contribution in [2.45, 2.75) is 59.1 Å². The smallest absolute Gasteiger partial charge is 0.408 e. The Bertz CT molecular complexity index is 377. The van der Waals surface area contributed by atoms with Gasteiger partial charge in [0, 0.05) is 6.54 Å². The number of ether oxygens (including phenoxy) is 1. The first-order valence-corrected chi connectivity index (χ1v) is 7.26. The van der Waals surface area contributed by atoms with Crippen molar-refractivity contribution in [3.05, 3.63) is 0 Å². The molecule has 0 radical (unpaired) electrons. The third-order valence-electron chi connectivity index (χ3n) is 2.68. The van der Waals surface area contributed by atoms with Crippen molar-refractivity contribution >= 4 is 17.9 Å². The third-order valence-corrected chi connectivity index (χ3v) is 2.68. The molecule has 0 aliphatic carbocycles. The predicted molar refractivity (Wildman–Crippen MR) is 79.5 cm³/mol. The molecule has 3 N–H and O–H groups in total. The number of amides is 3. The SMILES string of the molecule is CC.CC(C)(C)OC(=O)NCC(=O)N1CCCC1C(N)=O. The summed E-state index contributed by atoms with van der Waals surface area (Å²) in [6.07, 6.45) is 0.662. The highest BCUT2D eigenvalue weighted by Crippen LogP contribution is 2.16. The molecule has 0 aromatic rings. The van der Waals surface area contributed by atoms with Gasteiger partial charge in [0.1, 0.15) is 18.2 Å². The van der Waals surface area contributed by atoms with E-state index in [0.717, 1.165) is 6.42 Å². The van der Waals surface area contributed by atoms with Crippen molar-refractivity contribution in [1.82, 2.24) is 10.2 Å². The molecule has 1 atom stereocenters. The van der Waals surface area contributed by atoms with Crippen LogP contribution in [0, 0.1) is 0 Å². The van der Waals surface area contributed by atoms with Crippen LogP contribution in [0.2, 0.25) is 0 Å². The summed E-state index contributed by atoms with van der Waals surface area (Å²) < 4.78 is 5.01. The molecular formula is C14H27N3O4. The summed E-state index contributed by atoms with van der Waals surface area (Å²) in [6.45, 7) is 9.50. The number of carbonyl (C=O) groups is 3. The third kappa shape index (κ3) is 6.97. The molecule has 1 rings (SSSR count). The highest BCUT2D eigenvalue weighted by molar-refractivity contribution is 5.89. The summed E-state index contributed by atoms with van der Waals surface area (Å²) in [5.41, 5.74) is 4.61. The molecule has 1 saturated heterocycles. The van der Waals surface area contributed by atoms with Crippen LogP contribution in [-0.4, -0.2) is 47.5 Å². The van der Waals surface area contributed by atoms with Gasteiger partial charge in [-0.05, 0) is 33.6 Å². The van der Waals surface area contributed by atoms with Gasteiger partial charge in [-0.15, -0.1) is 0 Å². The van der Waals surface area contributed by atoms with Gasteiger partial charge in [0.25, 0.3) is 0 Å². The fourth-order valence-electron chi connectivity index (χ4n) is 1.92. The number of likely N-dealkylation sites (tertiary alicyclic amines) is 1. The summed E-state index contributed by atoms with van der Waals surface area (Å²) in [5, 5.41) is 2.37. The molecule has 1 aliphatic heterocycles. The zero-order valence-corrected chi connectivity index (χ0v) is 13.6. The first kappa shape index (κ1) is 19.2. The fraction of sp³-hybridized carbons (Fsp3) is 0.786. The van der Waals surface area contributed by atoms with E-state index in [4.69, 9.17) is 10.5 Å². The lowest BCUT2D eigenvalue weighted by molar-refractivity contribution is -0.136. The molecule has 122 valence electrons. The van der Waals surface area contributed by atoms with Gasteiger partial charge in [-0.1, -0.05) is 13.8 Å². The number of hydrogen-bond donors (Lipinski definition) is 2. The minimum Gasteiger partial charge on any atom is -0.444 e. The summed E-state index contributed by atoms with van der Waals surface area (Å²) in [6, 6.07) is -0.562. The van der Waals surface area contributed by atoms with E-state index in [1.165, 1.54) is 4.90 Å². The van der Waals surface area contributed by atoms with E-state index in [9.17, 15) is 14.4 Å². The van der Waals surface area contributed by atoms with Crippen LogP contribution in [0.1, 0.15) is 47.5 Å². The first-order valence-electron chi connectivity index (χ1n) is 7.26. The van der Waals surface area contributed by atoms with Gasteiger partial charge in [-0.25, -0.2) is 4.79 Å². The fourth-order valence-corrected chi connectivity index (χ4v) is 1.92. The summed E-state index contributed by atoms with van der Waals surface area (Å²) in [4.78, 5) is 35.8. The molecule has 0 aromatic carbocycles. The van der Waals surface area contributed by atoms with E-state index in [-0.39, 0.29) is 12.5 Å². The standard InChI is InChI=1S/C12H21N3O4.C2H6/c1-12(2,3)19-11(18)14-7-9(16)15-6-4-5-8(15)10(13)17;1-2/h8H,4-7H2,1-3H3,(H2,13,17)(H,14,18);1-2H3. The van der Waals surface area contributed by atoms with Gasteiger partial charge in [-0.3, -0.25) is 9.59 Å². The van der Waals surface area contributed by atoms with Gasteiger partial charge in [0.05, 0.1) is 0 Å². The molecular weight excluding hydrogens is 274 g/mol. The van der Waals surface area contributed by atoms with Gasteiger partial charge in [0.15, 0.2) is 0 Å². The van der Waals surface area contributed by atoms with E-state index in [2.05, 4.69) is 5.32 Å². The Morgan fingerprint density at radius 2 is 1.86 bits per heavy atom. The zero-order chi connectivity index (χ0) is 16.6. The van der Waals surface area contributed by atoms with Crippen LogP contribution in [0.4, 0.5) is 4.79 Å². The molecule has 3 amide bonds. The maximum atomic E-state index is 11.9. The monoisotopic (exact) mass is 301 g/mol. The van der Waals surface area contributed by atoms with Crippen molar-refractivity contribution in [2.75, 3.05) is 13.1 Å². The Balaban J connectivity index is 0.00000191. The van der Waals surface area contributed by atoms with Crippen molar-refractivity contribution in [3.63, 3.8) is 0 Å².